The van der Waals surface area contributed by atoms with Crippen LogP contribution in [0.5, 0.6) is 0 Å². The molecule has 1 saturated heterocycles. The third-order valence-corrected chi connectivity index (χ3v) is 5.33. The zero-order valence-electron chi connectivity index (χ0n) is 13.5. The highest BCUT2D eigenvalue weighted by molar-refractivity contribution is 7.89. The van der Waals surface area contributed by atoms with Gasteiger partial charge < -0.3 is 4.90 Å². The van der Waals surface area contributed by atoms with Gasteiger partial charge in [-0.05, 0) is 49.4 Å². The van der Waals surface area contributed by atoms with Crippen LogP contribution in [0.2, 0.25) is 0 Å². The third kappa shape index (κ3) is 4.75. The summed E-state index contributed by atoms with van der Waals surface area (Å²) in [5.41, 5.74) is 0. The predicted octanol–water partition coefficient (Wildman–Crippen LogP) is 2.14. The summed E-state index contributed by atoms with van der Waals surface area (Å²) in [6, 6.07) is 3.79. The van der Waals surface area contributed by atoms with Crippen LogP contribution in [-0.4, -0.2) is 38.4 Å². The van der Waals surface area contributed by atoms with Gasteiger partial charge >= 0.3 is 0 Å². The highest BCUT2D eigenvalue weighted by Gasteiger charge is 2.31. The van der Waals surface area contributed by atoms with E-state index in [0.717, 1.165) is 25.0 Å². The fraction of sp³-hybridized carbons (Fsp3) is 0.562. The number of rotatable bonds is 6. The number of nitrogens with zero attached hydrogens (tertiary/aromatic N) is 1. The molecule has 1 amide bonds. The van der Waals surface area contributed by atoms with Gasteiger partial charge in [0, 0.05) is 13.1 Å². The molecule has 0 radical (unpaired) electrons. The molecule has 1 aliphatic rings. The van der Waals surface area contributed by atoms with Crippen LogP contribution < -0.4 is 4.72 Å². The standard InChI is InChI=1S/C16H23FN2O3S/c1-12(2)11-15(16(20)19-9-3-4-10-19)18-23(21,22)14-7-5-13(17)6-8-14/h5-8,12,15,18H,3-4,9-11H2,1-2H3/t15-/m1/s1. The van der Waals surface area contributed by atoms with E-state index >= 15 is 0 Å². The van der Waals surface area contributed by atoms with Gasteiger partial charge in [0.1, 0.15) is 11.9 Å². The number of carbonyl (C=O) groups is 1. The quantitative estimate of drug-likeness (QED) is 0.861. The predicted molar refractivity (Wildman–Crippen MR) is 85.8 cm³/mol. The molecule has 1 heterocycles. The van der Waals surface area contributed by atoms with E-state index in [2.05, 4.69) is 4.72 Å². The van der Waals surface area contributed by atoms with Gasteiger partial charge in [-0.3, -0.25) is 4.79 Å². The molecule has 0 saturated carbocycles. The Morgan fingerprint density at radius 1 is 1.22 bits per heavy atom. The van der Waals surface area contributed by atoms with Crippen molar-refractivity contribution in [3.63, 3.8) is 0 Å². The van der Waals surface area contributed by atoms with Crippen molar-refractivity contribution in [2.45, 2.75) is 44.0 Å². The topological polar surface area (TPSA) is 66.5 Å². The summed E-state index contributed by atoms with van der Waals surface area (Å²) in [4.78, 5) is 14.3. The summed E-state index contributed by atoms with van der Waals surface area (Å²) in [6.07, 6.45) is 2.32. The summed E-state index contributed by atoms with van der Waals surface area (Å²) < 4.78 is 40.4. The number of nitrogens with one attached hydrogen (secondary N) is 1. The van der Waals surface area contributed by atoms with Gasteiger partial charge in [0.25, 0.3) is 0 Å². The van der Waals surface area contributed by atoms with Gasteiger partial charge in [-0.15, -0.1) is 0 Å². The average molecular weight is 342 g/mol. The molecule has 1 aliphatic heterocycles. The molecule has 1 atom stereocenters. The number of sulfonamides is 1. The van der Waals surface area contributed by atoms with E-state index in [1.165, 1.54) is 12.1 Å². The van der Waals surface area contributed by atoms with Crippen molar-refractivity contribution in [2.75, 3.05) is 13.1 Å². The lowest BCUT2D eigenvalue weighted by Crippen LogP contribution is -2.48. The highest BCUT2D eigenvalue weighted by Crippen LogP contribution is 2.17. The summed E-state index contributed by atoms with van der Waals surface area (Å²) >= 11 is 0. The normalized spacial score (nSPS) is 16.8. The maximum absolute atomic E-state index is 13.0. The van der Waals surface area contributed by atoms with Gasteiger partial charge in [0.05, 0.1) is 4.90 Å². The molecule has 7 heteroatoms. The lowest BCUT2D eigenvalue weighted by Gasteiger charge is -2.25. The molecule has 23 heavy (non-hydrogen) atoms. The molecule has 0 aliphatic carbocycles. The summed E-state index contributed by atoms with van der Waals surface area (Å²) in [5.74, 6) is -0.514. The summed E-state index contributed by atoms with van der Waals surface area (Å²) in [6.45, 7) is 5.23. The number of halogens is 1. The van der Waals surface area contributed by atoms with Crippen LogP contribution in [0, 0.1) is 11.7 Å². The highest BCUT2D eigenvalue weighted by atomic mass is 32.2. The van der Waals surface area contributed by atoms with E-state index in [0.29, 0.717) is 19.5 Å². The summed E-state index contributed by atoms with van der Waals surface area (Å²) in [7, 11) is -3.86. The van der Waals surface area contributed by atoms with Gasteiger partial charge in [-0.2, -0.15) is 4.72 Å². The lowest BCUT2D eigenvalue weighted by molar-refractivity contribution is -0.132. The van der Waals surface area contributed by atoms with Gasteiger partial charge in [0.2, 0.25) is 15.9 Å². The van der Waals surface area contributed by atoms with E-state index < -0.39 is 21.9 Å². The maximum Gasteiger partial charge on any atom is 0.241 e. The van der Waals surface area contributed by atoms with Crippen LogP contribution in [0.1, 0.15) is 33.1 Å². The molecule has 0 bridgehead atoms. The second-order valence-electron chi connectivity index (χ2n) is 6.29. The first kappa shape index (κ1) is 17.9. The minimum Gasteiger partial charge on any atom is -0.341 e. The Morgan fingerprint density at radius 3 is 2.30 bits per heavy atom. The molecule has 1 aromatic carbocycles. The number of hydrogen-bond acceptors (Lipinski definition) is 3. The minimum atomic E-state index is -3.86. The van der Waals surface area contributed by atoms with E-state index in [4.69, 9.17) is 0 Å². The van der Waals surface area contributed by atoms with Crippen molar-refractivity contribution in [3.8, 4) is 0 Å². The molecule has 2 rings (SSSR count). The Kier molecular flexibility index (Phi) is 5.75. The molecule has 128 valence electrons. The first-order chi connectivity index (χ1) is 10.8. The van der Waals surface area contributed by atoms with Crippen molar-refractivity contribution in [1.29, 1.82) is 0 Å². The van der Waals surface area contributed by atoms with E-state index in [-0.39, 0.29) is 16.7 Å². The molecule has 1 aromatic rings. The first-order valence-electron chi connectivity index (χ1n) is 7.86. The number of likely N-dealkylation sites (tertiary alicyclic amines) is 1. The van der Waals surface area contributed by atoms with Gasteiger partial charge in [0.15, 0.2) is 0 Å². The molecule has 0 spiro atoms. The fourth-order valence-corrected chi connectivity index (χ4v) is 3.90. The Balaban J connectivity index is 2.18. The molecule has 0 aromatic heterocycles. The molecule has 1 fully saturated rings. The first-order valence-corrected chi connectivity index (χ1v) is 9.34. The summed E-state index contributed by atoms with van der Waals surface area (Å²) in [5, 5.41) is 0. The largest absolute Gasteiger partial charge is 0.341 e. The van der Waals surface area contributed by atoms with Crippen molar-refractivity contribution >= 4 is 15.9 Å². The monoisotopic (exact) mass is 342 g/mol. The maximum atomic E-state index is 13.0. The second-order valence-corrected chi connectivity index (χ2v) is 8.00. The number of hydrogen-bond donors (Lipinski definition) is 1. The molecular weight excluding hydrogens is 319 g/mol. The molecule has 1 N–H and O–H groups in total. The Bertz CT molecular complexity index is 638. The van der Waals surface area contributed by atoms with Crippen LogP contribution in [0.15, 0.2) is 29.2 Å². The van der Waals surface area contributed by atoms with E-state index in [9.17, 15) is 17.6 Å². The van der Waals surface area contributed by atoms with Crippen LogP contribution in [0.25, 0.3) is 0 Å². The van der Waals surface area contributed by atoms with E-state index in [1.54, 1.807) is 4.90 Å². The van der Waals surface area contributed by atoms with Crippen molar-refractivity contribution in [2.24, 2.45) is 5.92 Å². The Hall–Kier alpha value is -1.47. The second kappa shape index (κ2) is 7.40. The fourth-order valence-electron chi connectivity index (χ4n) is 2.70. The van der Waals surface area contributed by atoms with Crippen LogP contribution in [0.4, 0.5) is 4.39 Å². The zero-order valence-corrected chi connectivity index (χ0v) is 14.3. The Morgan fingerprint density at radius 2 is 1.78 bits per heavy atom. The third-order valence-electron chi connectivity index (χ3n) is 3.84. The molecular formula is C16H23FN2O3S. The SMILES string of the molecule is CC(C)C[C@@H](NS(=O)(=O)c1ccc(F)cc1)C(=O)N1CCCC1. The number of amides is 1. The van der Waals surface area contributed by atoms with Gasteiger partial charge in [-0.1, -0.05) is 13.8 Å². The lowest BCUT2D eigenvalue weighted by atomic mass is 10.0. The van der Waals surface area contributed by atoms with Gasteiger partial charge in [-0.25, -0.2) is 12.8 Å². The number of carbonyl (C=O) groups excluding carboxylic acids is 1. The Labute approximate surface area is 136 Å². The van der Waals surface area contributed by atoms with Crippen LogP contribution in [0.3, 0.4) is 0 Å². The zero-order chi connectivity index (χ0) is 17.0. The molecule has 5 nitrogen and oxygen atoms in total. The van der Waals surface area contributed by atoms with Crippen molar-refractivity contribution in [1.82, 2.24) is 9.62 Å². The van der Waals surface area contributed by atoms with Crippen molar-refractivity contribution in [3.05, 3.63) is 30.1 Å². The van der Waals surface area contributed by atoms with E-state index in [1.807, 2.05) is 13.8 Å². The minimum absolute atomic E-state index is 0.0399. The van der Waals surface area contributed by atoms with Crippen molar-refractivity contribution < 1.29 is 17.6 Å². The van der Waals surface area contributed by atoms with Crippen LogP contribution >= 0.6 is 0 Å². The average Bonchev–Trinajstić information content (AvgIpc) is 2.99. The van der Waals surface area contributed by atoms with Crippen LogP contribution in [-0.2, 0) is 14.8 Å². The molecule has 0 unspecified atom stereocenters. The smallest absolute Gasteiger partial charge is 0.241 e. The number of benzene rings is 1.